The molecule has 70 valence electrons. The summed E-state index contributed by atoms with van der Waals surface area (Å²) in [5.41, 5.74) is 2.07. The minimum Gasteiger partial charge on any atom is -0.333 e. The second-order valence-corrected chi connectivity index (χ2v) is 4.11. The maximum absolute atomic E-state index is 5.02. The Morgan fingerprint density at radius 1 is 1.54 bits per heavy atom. The maximum atomic E-state index is 5.02. The summed E-state index contributed by atoms with van der Waals surface area (Å²) in [6, 6.07) is 5.98. The number of hydrogen-bond donors (Lipinski definition) is 0. The average Bonchev–Trinajstić information content (AvgIpc) is 2.13. The third-order valence-corrected chi connectivity index (χ3v) is 2.87. The van der Waals surface area contributed by atoms with Crippen molar-refractivity contribution in [1.82, 2.24) is 4.57 Å². The molecule has 0 fully saturated rings. The van der Waals surface area contributed by atoms with Crippen LogP contribution in [0.15, 0.2) is 23.2 Å². The highest BCUT2D eigenvalue weighted by atomic mass is 32.2. The van der Waals surface area contributed by atoms with E-state index in [1.807, 2.05) is 43.0 Å². The minimum atomic E-state index is 0.668. The van der Waals surface area contributed by atoms with Crippen LogP contribution in [0.2, 0.25) is 0 Å². The molecule has 0 aliphatic heterocycles. The van der Waals surface area contributed by atoms with Crippen LogP contribution in [0.25, 0.3) is 0 Å². The lowest BCUT2D eigenvalue weighted by atomic mass is 10.4. The van der Waals surface area contributed by atoms with Crippen molar-refractivity contribution in [2.24, 2.45) is 12.0 Å². The van der Waals surface area contributed by atoms with Crippen LogP contribution in [0.5, 0.6) is 0 Å². The van der Waals surface area contributed by atoms with Crippen LogP contribution in [-0.4, -0.2) is 15.1 Å². The molecule has 0 saturated heterocycles. The SMILES string of the molecule is CSC(=S)/N=c1\cccc(C)n1C. The van der Waals surface area contributed by atoms with E-state index in [4.69, 9.17) is 12.2 Å². The van der Waals surface area contributed by atoms with Gasteiger partial charge >= 0.3 is 0 Å². The monoisotopic (exact) mass is 212 g/mol. The summed E-state index contributed by atoms with van der Waals surface area (Å²) in [6.45, 7) is 2.04. The highest BCUT2D eigenvalue weighted by Crippen LogP contribution is 1.97. The number of aromatic nitrogens is 1. The lowest BCUT2D eigenvalue weighted by molar-refractivity contribution is 0.802. The summed E-state index contributed by atoms with van der Waals surface area (Å²) in [5.74, 6) is 0. The van der Waals surface area contributed by atoms with Gasteiger partial charge in [0.2, 0.25) is 0 Å². The standard InChI is InChI=1S/C9H12N2S2/c1-7-5-4-6-8(11(7)2)10-9(12)13-3/h4-6H,1-3H3/b10-8+. The summed E-state index contributed by atoms with van der Waals surface area (Å²) in [5, 5.41) is 0. The van der Waals surface area contributed by atoms with E-state index < -0.39 is 0 Å². The second-order valence-electron chi connectivity index (χ2n) is 2.67. The van der Waals surface area contributed by atoms with Crippen LogP contribution in [0.4, 0.5) is 0 Å². The molecule has 4 heteroatoms. The van der Waals surface area contributed by atoms with Crippen molar-refractivity contribution in [2.45, 2.75) is 6.92 Å². The molecule has 1 aromatic rings. The zero-order valence-electron chi connectivity index (χ0n) is 7.94. The Morgan fingerprint density at radius 3 is 2.85 bits per heavy atom. The van der Waals surface area contributed by atoms with Gasteiger partial charge in [-0.2, -0.15) is 0 Å². The third-order valence-electron chi connectivity index (χ3n) is 1.84. The topological polar surface area (TPSA) is 17.3 Å². The molecule has 0 amide bonds. The van der Waals surface area contributed by atoms with Gasteiger partial charge in [-0.15, -0.1) is 0 Å². The van der Waals surface area contributed by atoms with Gasteiger partial charge in [-0.25, -0.2) is 4.99 Å². The summed E-state index contributed by atoms with van der Waals surface area (Å²) < 4.78 is 2.68. The number of pyridine rings is 1. The first-order valence-electron chi connectivity index (χ1n) is 3.90. The fourth-order valence-electron chi connectivity index (χ4n) is 0.929. The smallest absolute Gasteiger partial charge is 0.161 e. The van der Waals surface area contributed by atoms with Gasteiger partial charge in [0.1, 0.15) is 5.49 Å². The molecule has 1 rings (SSSR count). The number of thioether (sulfide) groups is 1. The Balaban J connectivity index is 3.22. The molecule has 2 nitrogen and oxygen atoms in total. The molecular weight excluding hydrogens is 200 g/mol. The zero-order chi connectivity index (χ0) is 9.84. The number of hydrogen-bond acceptors (Lipinski definition) is 2. The molecule has 0 radical (unpaired) electrons. The van der Waals surface area contributed by atoms with Crippen LogP contribution < -0.4 is 5.49 Å². The van der Waals surface area contributed by atoms with Crippen LogP contribution >= 0.6 is 24.0 Å². The van der Waals surface area contributed by atoms with Gasteiger partial charge in [0.15, 0.2) is 4.32 Å². The van der Waals surface area contributed by atoms with E-state index in [1.54, 1.807) is 0 Å². The summed E-state index contributed by atoms with van der Waals surface area (Å²) in [7, 11) is 1.98. The molecule has 0 bridgehead atoms. The first-order chi connectivity index (χ1) is 6.15. The summed E-state index contributed by atoms with van der Waals surface area (Å²) in [4.78, 5) is 4.30. The molecule has 0 spiro atoms. The van der Waals surface area contributed by atoms with Gasteiger partial charge in [-0.1, -0.05) is 30.0 Å². The van der Waals surface area contributed by atoms with Crippen LogP contribution in [0.3, 0.4) is 0 Å². The van der Waals surface area contributed by atoms with Gasteiger partial charge in [-0.3, -0.25) is 0 Å². The first-order valence-corrected chi connectivity index (χ1v) is 5.54. The fourth-order valence-corrected chi connectivity index (χ4v) is 1.21. The van der Waals surface area contributed by atoms with Gasteiger partial charge in [0.05, 0.1) is 0 Å². The van der Waals surface area contributed by atoms with E-state index in [0.29, 0.717) is 4.32 Å². The van der Waals surface area contributed by atoms with Crippen molar-refractivity contribution in [3.05, 3.63) is 29.4 Å². The molecule has 0 aliphatic rings. The molecule has 0 aliphatic carbocycles. The molecular formula is C9H12N2S2. The summed E-state index contributed by atoms with van der Waals surface area (Å²) >= 11 is 6.51. The lowest BCUT2D eigenvalue weighted by Crippen LogP contribution is -2.19. The van der Waals surface area contributed by atoms with Gasteiger partial charge in [0, 0.05) is 12.7 Å². The fraction of sp³-hybridized carbons (Fsp3) is 0.333. The van der Waals surface area contributed by atoms with Crippen molar-refractivity contribution >= 4 is 28.3 Å². The van der Waals surface area contributed by atoms with E-state index in [9.17, 15) is 0 Å². The minimum absolute atomic E-state index is 0.668. The Kier molecular flexibility index (Phi) is 3.69. The molecule has 0 N–H and O–H groups in total. The van der Waals surface area contributed by atoms with Crippen LogP contribution in [0.1, 0.15) is 5.69 Å². The molecule has 1 heterocycles. The number of rotatable bonds is 0. The largest absolute Gasteiger partial charge is 0.333 e. The Hall–Kier alpha value is -0.610. The highest BCUT2D eigenvalue weighted by molar-refractivity contribution is 8.22. The lowest BCUT2D eigenvalue weighted by Gasteiger charge is -2.03. The van der Waals surface area contributed by atoms with E-state index in [2.05, 4.69) is 4.99 Å². The predicted molar refractivity (Wildman–Crippen MR) is 61.8 cm³/mol. The molecule has 13 heavy (non-hydrogen) atoms. The van der Waals surface area contributed by atoms with Crippen molar-refractivity contribution in [3.8, 4) is 0 Å². The van der Waals surface area contributed by atoms with E-state index in [-0.39, 0.29) is 0 Å². The van der Waals surface area contributed by atoms with Crippen molar-refractivity contribution in [3.63, 3.8) is 0 Å². The van der Waals surface area contributed by atoms with E-state index >= 15 is 0 Å². The predicted octanol–water partition coefficient (Wildman–Crippen LogP) is 1.88. The zero-order valence-corrected chi connectivity index (χ0v) is 9.58. The Labute approximate surface area is 87.7 Å². The maximum Gasteiger partial charge on any atom is 0.161 e. The summed E-state index contributed by atoms with van der Waals surface area (Å²) in [6.07, 6.45) is 1.93. The normalized spacial score (nSPS) is 11.8. The average molecular weight is 212 g/mol. The molecule has 0 aromatic carbocycles. The third kappa shape index (κ3) is 2.67. The second kappa shape index (κ2) is 4.58. The number of thiocarbonyl (C=S) groups is 1. The number of nitrogens with zero attached hydrogens (tertiary/aromatic N) is 2. The van der Waals surface area contributed by atoms with Crippen LogP contribution in [0, 0.1) is 6.92 Å². The van der Waals surface area contributed by atoms with Crippen LogP contribution in [-0.2, 0) is 7.05 Å². The van der Waals surface area contributed by atoms with Gasteiger partial charge in [-0.05, 0) is 25.3 Å². The molecule has 0 atom stereocenters. The quantitative estimate of drug-likeness (QED) is 0.611. The molecule has 0 saturated carbocycles. The van der Waals surface area contributed by atoms with Gasteiger partial charge in [0.25, 0.3) is 0 Å². The first kappa shape index (κ1) is 10.5. The highest BCUT2D eigenvalue weighted by Gasteiger charge is 1.92. The Bertz CT molecular complexity index is 379. The van der Waals surface area contributed by atoms with Crippen molar-refractivity contribution in [2.75, 3.05) is 6.26 Å². The van der Waals surface area contributed by atoms with Gasteiger partial charge < -0.3 is 4.57 Å². The van der Waals surface area contributed by atoms with Crippen molar-refractivity contribution in [1.29, 1.82) is 0 Å². The Morgan fingerprint density at radius 2 is 2.23 bits per heavy atom. The molecule has 1 aromatic heterocycles. The van der Waals surface area contributed by atoms with E-state index in [0.717, 1.165) is 5.49 Å². The molecule has 0 unspecified atom stereocenters. The number of aryl methyl sites for hydroxylation is 1. The van der Waals surface area contributed by atoms with Crippen molar-refractivity contribution < 1.29 is 0 Å². The van der Waals surface area contributed by atoms with E-state index in [1.165, 1.54) is 17.5 Å².